The lowest BCUT2D eigenvalue weighted by molar-refractivity contribution is -0.151. The van der Waals surface area contributed by atoms with Gasteiger partial charge in [-0.3, -0.25) is 9.69 Å². The van der Waals surface area contributed by atoms with Crippen molar-refractivity contribution in [2.75, 3.05) is 20.2 Å². The van der Waals surface area contributed by atoms with Gasteiger partial charge in [-0.05, 0) is 30.4 Å². The van der Waals surface area contributed by atoms with Crippen molar-refractivity contribution < 1.29 is 9.53 Å². The van der Waals surface area contributed by atoms with E-state index in [-0.39, 0.29) is 17.9 Å². The Morgan fingerprint density at radius 3 is 3.00 bits per heavy atom. The van der Waals surface area contributed by atoms with Gasteiger partial charge >= 0.3 is 5.97 Å². The normalized spacial score (nSPS) is 27.5. The maximum absolute atomic E-state index is 12.4. The van der Waals surface area contributed by atoms with E-state index in [2.05, 4.69) is 41.1 Å². The number of fused-ring (bicyclic) bond motifs is 5. The Morgan fingerprint density at radius 2 is 2.22 bits per heavy atom. The van der Waals surface area contributed by atoms with Crippen molar-refractivity contribution in [3.63, 3.8) is 0 Å². The van der Waals surface area contributed by atoms with Crippen molar-refractivity contribution in [2.24, 2.45) is 11.8 Å². The summed E-state index contributed by atoms with van der Waals surface area (Å²) in [6.07, 6.45) is 3.11. The van der Waals surface area contributed by atoms with Gasteiger partial charge in [-0.25, -0.2) is 0 Å². The van der Waals surface area contributed by atoms with Gasteiger partial charge in [0, 0.05) is 29.7 Å². The zero-order valence-corrected chi connectivity index (χ0v) is 13.8. The van der Waals surface area contributed by atoms with Crippen LogP contribution in [0.4, 0.5) is 0 Å². The number of para-hydroxylation sites is 1. The van der Waals surface area contributed by atoms with Crippen molar-refractivity contribution >= 4 is 16.9 Å². The summed E-state index contributed by atoms with van der Waals surface area (Å²) in [7, 11) is 1.51. The highest BCUT2D eigenvalue weighted by Gasteiger charge is 2.44. The third kappa shape index (κ3) is 2.27. The summed E-state index contributed by atoms with van der Waals surface area (Å²) in [6, 6.07) is 8.61. The van der Waals surface area contributed by atoms with E-state index in [4.69, 9.17) is 4.74 Å². The van der Waals surface area contributed by atoms with Gasteiger partial charge in [-0.1, -0.05) is 31.5 Å². The Morgan fingerprint density at radius 1 is 1.39 bits per heavy atom. The van der Waals surface area contributed by atoms with Crippen molar-refractivity contribution in [3.05, 3.63) is 35.5 Å². The number of H-pyrrole nitrogens is 1. The molecule has 1 N–H and O–H groups in total. The number of nitrogens with one attached hydrogen (secondary N) is 1. The van der Waals surface area contributed by atoms with Crippen LogP contribution in [-0.2, 0) is 16.0 Å². The first-order valence-electron chi connectivity index (χ1n) is 8.64. The molecule has 4 rings (SSSR count). The molecule has 0 saturated carbocycles. The molecule has 0 bridgehead atoms. The smallest absolute Gasteiger partial charge is 0.310 e. The van der Waals surface area contributed by atoms with Crippen molar-refractivity contribution in [1.29, 1.82) is 0 Å². The summed E-state index contributed by atoms with van der Waals surface area (Å²) < 4.78 is 5.14. The second-order valence-corrected chi connectivity index (χ2v) is 6.89. The molecule has 23 heavy (non-hydrogen) atoms. The number of rotatable bonds is 2. The Hall–Kier alpha value is -1.81. The standard InChI is InChI=1S/C19H24N2O2/c1-3-12-10-15(19(22)23-2)18-17-14(8-9-21(18)11-12)13-6-4-5-7-16(13)20-17/h4-7,12,15,18,20H,3,8-11H2,1-2H3/t12-,15-,18+/m0/s1. The van der Waals surface area contributed by atoms with Gasteiger partial charge < -0.3 is 9.72 Å². The van der Waals surface area contributed by atoms with Gasteiger partial charge in [0.2, 0.25) is 0 Å². The highest BCUT2D eigenvalue weighted by Crippen LogP contribution is 2.44. The number of carbonyl (C=O) groups excluding carboxylic acids is 1. The minimum absolute atomic E-state index is 0.0641. The van der Waals surface area contributed by atoms with Crippen LogP contribution in [0.3, 0.4) is 0 Å². The lowest BCUT2D eigenvalue weighted by Crippen LogP contribution is -2.49. The van der Waals surface area contributed by atoms with Crippen LogP contribution in [0.1, 0.15) is 37.1 Å². The van der Waals surface area contributed by atoms with E-state index in [1.807, 2.05) is 0 Å². The van der Waals surface area contributed by atoms with Crippen LogP contribution in [0.5, 0.6) is 0 Å². The Kier molecular flexibility index (Phi) is 3.64. The lowest BCUT2D eigenvalue weighted by Gasteiger charge is -2.45. The van der Waals surface area contributed by atoms with E-state index < -0.39 is 0 Å². The van der Waals surface area contributed by atoms with Gasteiger partial charge in [0.1, 0.15) is 0 Å². The molecule has 122 valence electrons. The minimum atomic E-state index is -0.0651. The summed E-state index contributed by atoms with van der Waals surface area (Å²) in [5.74, 6) is 0.455. The molecule has 4 nitrogen and oxygen atoms in total. The lowest BCUT2D eigenvalue weighted by atomic mass is 9.77. The number of aromatic amines is 1. The molecule has 4 heteroatoms. The molecular weight excluding hydrogens is 288 g/mol. The van der Waals surface area contributed by atoms with Crippen molar-refractivity contribution in [1.82, 2.24) is 9.88 Å². The zero-order valence-electron chi connectivity index (χ0n) is 13.8. The third-order valence-corrected chi connectivity index (χ3v) is 5.73. The van der Waals surface area contributed by atoms with Gasteiger partial charge in [0.25, 0.3) is 0 Å². The van der Waals surface area contributed by atoms with Crippen LogP contribution in [-0.4, -0.2) is 36.1 Å². The quantitative estimate of drug-likeness (QED) is 0.866. The maximum atomic E-state index is 12.4. The van der Waals surface area contributed by atoms with E-state index in [1.165, 1.54) is 29.3 Å². The van der Waals surface area contributed by atoms with E-state index in [0.29, 0.717) is 5.92 Å². The van der Waals surface area contributed by atoms with Gasteiger partial charge in [-0.2, -0.15) is 0 Å². The molecule has 0 spiro atoms. The number of methoxy groups -OCH3 is 1. The van der Waals surface area contributed by atoms with Crippen LogP contribution in [0.15, 0.2) is 24.3 Å². The number of carbonyl (C=O) groups is 1. The second kappa shape index (κ2) is 5.68. The van der Waals surface area contributed by atoms with Crippen molar-refractivity contribution in [3.8, 4) is 0 Å². The molecule has 1 aromatic heterocycles. The highest BCUT2D eigenvalue weighted by molar-refractivity contribution is 5.85. The predicted molar refractivity (Wildman–Crippen MR) is 90.2 cm³/mol. The SMILES string of the molecule is CC[C@H]1C[C@H](C(=O)OC)[C@@H]2c3[nH]c4ccccc4c3CCN2C1. The molecule has 1 saturated heterocycles. The zero-order chi connectivity index (χ0) is 16.0. The molecule has 2 aliphatic rings. The Balaban J connectivity index is 1.81. The number of hydrogen-bond acceptors (Lipinski definition) is 3. The van der Waals surface area contributed by atoms with E-state index in [1.54, 1.807) is 0 Å². The number of nitrogens with zero attached hydrogens (tertiary/aromatic N) is 1. The third-order valence-electron chi connectivity index (χ3n) is 5.73. The van der Waals surface area contributed by atoms with Crippen LogP contribution >= 0.6 is 0 Å². The molecule has 0 aliphatic carbocycles. The topological polar surface area (TPSA) is 45.3 Å². The van der Waals surface area contributed by atoms with Crippen LogP contribution in [0.2, 0.25) is 0 Å². The Bertz CT molecular complexity index is 736. The first-order chi connectivity index (χ1) is 11.2. The molecule has 2 aromatic rings. The largest absolute Gasteiger partial charge is 0.469 e. The number of esters is 1. The van der Waals surface area contributed by atoms with Crippen molar-refractivity contribution in [2.45, 2.75) is 32.2 Å². The van der Waals surface area contributed by atoms with Gasteiger partial charge in [-0.15, -0.1) is 0 Å². The highest BCUT2D eigenvalue weighted by atomic mass is 16.5. The number of hydrogen-bond donors (Lipinski definition) is 1. The molecule has 3 heterocycles. The number of ether oxygens (including phenoxy) is 1. The summed E-state index contributed by atoms with van der Waals surface area (Å²) >= 11 is 0. The summed E-state index contributed by atoms with van der Waals surface area (Å²) in [6.45, 7) is 4.34. The molecule has 1 aromatic carbocycles. The van der Waals surface area contributed by atoms with Gasteiger partial charge in [0.05, 0.1) is 19.1 Å². The summed E-state index contributed by atoms with van der Waals surface area (Å²) in [4.78, 5) is 18.6. The Labute approximate surface area is 136 Å². The minimum Gasteiger partial charge on any atom is -0.469 e. The first-order valence-corrected chi connectivity index (χ1v) is 8.64. The summed E-state index contributed by atoms with van der Waals surface area (Å²) in [5, 5.41) is 1.31. The maximum Gasteiger partial charge on any atom is 0.310 e. The molecule has 0 unspecified atom stereocenters. The fourth-order valence-electron chi connectivity index (χ4n) is 4.55. The van der Waals surface area contributed by atoms with Gasteiger partial charge in [0.15, 0.2) is 0 Å². The van der Waals surface area contributed by atoms with E-state index in [0.717, 1.165) is 32.4 Å². The van der Waals surface area contributed by atoms with Crippen LogP contribution in [0.25, 0.3) is 10.9 Å². The monoisotopic (exact) mass is 312 g/mol. The van der Waals surface area contributed by atoms with Crippen LogP contribution in [0, 0.1) is 11.8 Å². The molecule has 2 aliphatic heterocycles. The van der Waals surface area contributed by atoms with E-state index in [9.17, 15) is 4.79 Å². The average Bonchev–Trinajstić information content (AvgIpc) is 2.98. The number of aromatic nitrogens is 1. The summed E-state index contributed by atoms with van der Waals surface area (Å²) in [5.41, 5.74) is 3.81. The van der Waals surface area contributed by atoms with E-state index >= 15 is 0 Å². The molecule has 0 radical (unpaired) electrons. The van der Waals surface area contributed by atoms with Crippen LogP contribution < -0.4 is 0 Å². The second-order valence-electron chi connectivity index (χ2n) is 6.89. The predicted octanol–water partition coefficient (Wildman–Crippen LogP) is 3.29. The fourth-order valence-corrected chi connectivity index (χ4v) is 4.55. The average molecular weight is 312 g/mol. The molecule has 3 atom stereocenters. The number of benzene rings is 1. The first kappa shape index (κ1) is 14.8. The number of piperidine rings is 1. The molecule has 0 amide bonds. The molecule has 1 fully saturated rings. The fraction of sp³-hybridized carbons (Fsp3) is 0.526. The molecular formula is C19H24N2O2.